The van der Waals surface area contributed by atoms with E-state index in [4.69, 9.17) is 14.5 Å². The molecule has 0 spiro atoms. The van der Waals surface area contributed by atoms with E-state index in [9.17, 15) is 8.78 Å². The number of methoxy groups -OCH3 is 1. The Labute approximate surface area is 168 Å². The van der Waals surface area contributed by atoms with E-state index in [0.717, 1.165) is 17.3 Å². The van der Waals surface area contributed by atoms with Crippen molar-refractivity contribution in [3.05, 3.63) is 71.7 Å². The molecule has 3 heterocycles. The standard InChI is InChI=1S/C21H22F2N4O2/c1-26-8-5-17(14-3-6-24-7-4-14)25-21(26)27-9-10-29-19(13-27)20-16(23)11-15(22)12-18(20)28-2/h3-8,11-12,19,21H,9-10,13H2,1-2H3/t19?,21-/m1/s1. The smallest absolute Gasteiger partial charge is 0.178 e. The van der Waals surface area contributed by atoms with Gasteiger partial charge in [-0.3, -0.25) is 9.88 Å². The Morgan fingerprint density at radius 3 is 2.76 bits per heavy atom. The fourth-order valence-corrected chi connectivity index (χ4v) is 3.65. The molecular formula is C21H22F2N4O2. The molecule has 2 aromatic rings. The van der Waals surface area contributed by atoms with E-state index in [0.29, 0.717) is 19.7 Å². The molecular weight excluding hydrogens is 378 g/mol. The number of pyridine rings is 1. The van der Waals surface area contributed by atoms with Gasteiger partial charge >= 0.3 is 0 Å². The van der Waals surface area contributed by atoms with Crippen LogP contribution in [0.2, 0.25) is 0 Å². The third-order valence-electron chi connectivity index (χ3n) is 5.09. The van der Waals surface area contributed by atoms with Crippen LogP contribution in [0.4, 0.5) is 8.78 Å². The van der Waals surface area contributed by atoms with E-state index in [-0.39, 0.29) is 17.6 Å². The van der Waals surface area contributed by atoms with Crippen LogP contribution in [0.5, 0.6) is 5.75 Å². The molecule has 2 aliphatic heterocycles. The van der Waals surface area contributed by atoms with Gasteiger partial charge in [0.2, 0.25) is 0 Å². The predicted molar refractivity (Wildman–Crippen MR) is 105 cm³/mol. The molecule has 6 nitrogen and oxygen atoms in total. The number of allylic oxidation sites excluding steroid dienone is 1. The van der Waals surface area contributed by atoms with Crippen molar-refractivity contribution in [3.8, 4) is 5.75 Å². The minimum atomic E-state index is -0.681. The van der Waals surface area contributed by atoms with Crippen LogP contribution in [0.15, 0.2) is 53.9 Å². The van der Waals surface area contributed by atoms with E-state index in [1.54, 1.807) is 12.4 Å². The highest BCUT2D eigenvalue weighted by molar-refractivity contribution is 6.08. The summed E-state index contributed by atoms with van der Waals surface area (Å²) >= 11 is 0. The summed E-state index contributed by atoms with van der Waals surface area (Å²) in [5, 5.41) is 0. The Hall–Kier alpha value is -2.84. The van der Waals surface area contributed by atoms with E-state index in [1.165, 1.54) is 13.2 Å². The molecule has 0 aliphatic carbocycles. The normalized spacial score (nSPS) is 22.5. The highest BCUT2D eigenvalue weighted by Crippen LogP contribution is 2.34. The molecule has 8 heteroatoms. The van der Waals surface area contributed by atoms with Gasteiger partial charge in [-0.2, -0.15) is 0 Å². The molecule has 1 aromatic carbocycles. The number of halogens is 2. The van der Waals surface area contributed by atoms with Gasteiger partial charge in [-0.15, -0.1) is 0 Å². The summed E-state index contributed by atoms with van der Waals surface area (Å²) in [6.45, 7) is 1.44. The number of hydrogen-bond donors (Lipinski definition) is 0. The Kier molecular flexibility index (Phi) is 5.55. The molecule has 152 valence electrons. The van der Waals surface area contributed by atoms with Crippen LogP contribution in [0.3, 0.4) is 0 Å². The second-order valence-electron chi connectivity index (χ2n) is 6.94. The first-order valence-electron chi connectivity index (χ1n) is 9.33. The van der Waals surface area contributed by atoms with Gasteiger partial charge in [0.1, 0.15) is 23.5 Å². The zero-order valence-electron chi connectivity index (χ0n) is 16.3. The number of aromatic nitrogens is 1. The monoisotopic (exact) mass is 400 g/mol. The van der Waals surface area contributed by atoms with Crippen LogP contribution in [-0.4, -0.2) is 60.6 Å². The molecule has 1 unspecified atom stereocenters. The van der Waals surface area contributed by atoms with Gasteiger partial charge in [-0.05, 0) is 18.2 Å². The Bertz CT molecular complexity index is 936. The minimum absolute atomic E-state index is 0.146. The van der Waals surface area contributed by atoms with E-state index in [2.05, 4.69) is 9.88 Å². The van der Waals surface area contributed by atoms with Crippen molar-refractivity contribution in [2.45, 2.75) is 12.4 Å². The lowest BCUT2D eigenvalue weighted by Gasteiger charge is -2.41. The van der Waals surface area contributed by atoms with Crippen molar-refractivity contribution in [1.82, 2.24) is 14.8 Å². The Balaban J connectivity index is 1.60. The van der Waals surface area contributed by atoms with Crippen molar-refractivity contribution in [2.75, 3.05) is 33.9 Å². The van der Waals surface area contributed by atoms with E-state index < -0.39 is 17.7 Å². The van der Waals surface area contributed by atoms with Gasteiger partial charge in [-0.1, -0.05) is 0 Å². The summed E-state index contributed by atoms with van der Waals surface area (Å²) in [5.74, 6) is -1.21. The zero-order valence-corrected chi connectivity index (χ0v) is 16.3. The summed E-state index contributed by atoms with van der Waals surface area (Å²) in [5.41, 5.74) is 2.06. The lowest BCUT2D eigenvalue weighted by atomic mass is 10.0. The second-order valence-corrected chi connectivity index (χ2v) is 6.94. The first-order valence-corrected chi connectivity index (χ1v) is 9.33. The number of morpholine rings is 1. The topological polar surface area (TPSA) is 50.2 Å². The molecule has 0 radical (unpaired) electrons. The highest BCUT2D eigenvalue weighted by Gasteiger charge is 2.33. The summed E-state index contributed by atoms with van der Waals surface area (Å²) in [6, 6.07) is 5.85. The second kappa shape index (κ2) is 8.26. The van der Waals surface area contributed by atoms with Crippen molar-refractivity contribution < 1.29 is 18.3 Å². The summed E-state index contributed by atoms with van der Waals surface area (Å²) in [7, 11) is 3.33. The molecule has 0 N–H and O–H groups in total. The molecule has 1 saturated heterocycles. The van der Waals surface area contributed by atoms with Crippen LogP contribution in [0, 0.1) is 11.6 Å². The average Bonchev–Trinajstić information content (AvgIpc) is 2.74. The van der Waals surface area contributed by atoms with Crippen molar-refractivity contribution >= 4 is 5.71 Å². The van der Waals surface area contributed by atoms with E-state index >= 15 is 0 Å². The lowest BCUT2D eigenvalue weighted by molar-refractivity contribution is -0.0652. The average molecular weight is 400 g/mol. The third kappa shape index (κ3) is 3.99. The van der Waals surface area contributed by atoms with Gasteiger partial charge in [0.25, 0.3) is 0 Å². The fourth-order valence-electron chi connectivity index (χ4n) is 3.65. The number of aliphatic imine (C=N–C) groups is 1. The van der Waals surface area contributed by atoms with Gasteiger partial charge < -0.3 is 14.4 Å². The Morgan fingerprint density at radius 2 is 2.00 bits per heavy atom. The van der Waals surface area contributed by atoms with Crippen LogP contribution in [0.1, 0.15) is 17.2 Å². The first kappa shape index (κ1) is 19.5. The maximum Gasteiger partial charge on any atom is 0.178 e. The largest absolute Gasteiger partial charge is 0.496 e. The lowest BCUT2D eigenvalue weighted by Crippen LogP contribution is -2.50. The quantitative estimate of drug-likeness (QED) is 0.790. The van der Waals surface area contributed by atoms with Gasteiger partial charge in [0.05, 0.1) is 25.0 Å². The molecule has 0 amide bonds. The number of nitrogens with zero attached hydrogens (tertiary/aromatic N) is 4. The van der Waals surface area contributed by atoms with Crippen LogP contribution in [-0.2, 0) is 4.74 Å². The maximum absolute atomic E-state index is 14.5. The molecule has 4 rings (SSSR count). The Morgan fingerprint density at radius 1 is 1.21 bits per heavy atom. The number of ether oxygens (including phenoxy) is 2. The summed E-state index contributed by atoms with van der Waals surface area (Å²) in [4.78, 5) is 13.0. The van der Waals surface area contributed by atoms with Gasteiger partial charge in [0.15, 0.2) is 6.29 Å². The number of rotatable bonds is 4. The van der Waals surface area contributed by atoms with Crippen molar-refractivity contribution in [3.63, 3.8) is 0 Å². The highest BCUT2D eigenvalue weighted by atomic mass is 19.1. The van der Waals surface area contributed by atoms with Crippen molar-refractivity contribution in [2.24, 2.45) is 4.99 Å². The fraction of sp³-hybridized carbons (Fsp3) is 0.333. The number of hydrogen-bond acceptors (Lipinski definition) is 6. The molecule has 29 heavy (non-hydrogen) atoms. The molecule has 0 saturated carbocycles. The minimum Gasteiger partial charge on any atom is -0.496 e. The first-order chi connectivity index (χ1) is 14.1. The SMILES string of the molecule is COc1cc(F)cc(F)c1C1CN([C@@H]2N=C(c3ccncc3)C=CN2C)CCO1. The molecule has 2 aliphatic rings. The van der Waals surface area contributed by atoms with Gasteiger partial charge in [0, 0.05) is 56.4 Å². The predicted octanol–water partition coefficient (Wildman–Crippen LogP) is 2.97. The van der Waals surface area contributed by atoms with Crippen LogP contribution in [0.25, 0.3) is 0 Å². The molecule has 0 bridgehead atoms. The number of benzene rings is 1. The summed E-state index contributed by atoms with van der Waals surface area (Å²) in [6.07, 6.45) is 6.53. The van der Waals surface area contributed by atoms with Crippen LogP contribution < -0.4 is 4.74 Å². The third-order valence-corrected chi connectivity index (χ3v) is 5.09. The van der Waals surface area contributed by atoms with Gasteiger partial charge in [-0.25, -0.2) is 13.8 Å². The van der Waals surface area contributed by atoms with Crippen LogP contribution >= 0.6 is 0 Å². The van der Waals surface area contributed by atoms with Crippen molar-refractivity contribution in [1.29, 1.82) is 0 Å². The molecule has 1 fully saturated rings. The molecule has 2 atom stereocenters. The zero-order chi connectivity index (χ0) is 20.4. The van der Waals surface area contributed by atoms with E-state index in [1.807, 2.05) is 36.4 Å². The molecule has 1 aromatic heterocycles. The maximum atomic E-state index is 14.5. The summed E-state index contributed by atoms with van der Waals surface area (Å²) < 4.78 is 39.1.